The predicted octanol–water partition coefficient (Wildman–Crippen LogP) is 2.64. The molecule has 17 heavy (non-hydrogen) atoms. The minimum absolute atomic E-state index is 0.856. The van der Waals surface area contributed by atoms with Gasteiger partial charge in [-0.05, 0) is 70.5 Å². The molecule has 2 saturated carbocycles. The average molecular weight is 236 g/mol. The summed E-state index contributed by atoms with van der Waals surface area (Å²) in [6.45, 7) is 2.57. The van der Waals surface area contributed by atoms with Gasteiger partial charge in [-0.25, -0.2) is 0 Å². The topological polar surface area (TPSA) is 15.3 Å². The molecule has 0 radical (unpaired) electrons. The van der Waals surface area contributed by atoms with Crippen molar-refractivity contribution in [2.45, 2.75) is 63.5 Å². The maximum Gasteiger partial charge on any atom is 0.0104 e. The Hall–Kier alpha value is -0.0800. The van der Waals surface area contributed by atoms with Gasteiger partial charge in [0.15, 0.2) is 0 Å². The van der Waals surface area contributed by atoms with Gasteiger partial charge in [0.05, 0.1) is 0 Å². The lowest BCUT2D eigenvalue weighted by molar-refractivity contribution is 0.173. The van der Waals surface area contributed by atoms with E-state index < -0.39 is 0 Å². The predicted molar refractivity (Wildman–Crippen MR) is 72.1 cm³/mol. The Balaban J connectivity index is 1.37. The summed E-state index contributed by atoms with van der Waals surface area (Å²) in [5.74, 6) is 2.11. The van der Waals surface area contributed by atoms with Crippen LogP contribution in [0.4, 0.5) is 0 Å². The third kappa shape index (κ3) is 2.68. The van der Waals surface area contributed by atoms with Crippen LogP contribution >= 0.6 is 0 Å². The Labute approximate surface area is 106 Å². The van der Waals surface area contributed by atoms with E-state index in [0.717, 1.165) is 23.9 Å². The van der Waals surface area contributed by atoms with Crippen LogP contribution in [0.1, 0.15) is 51.4 Å². The van der Waals surface area contributed by atoms with E-state index in [4.69, 9.17) is 0 Å². The minimum atomic E-state index is 0.856. The van der Waals surface area contributed by atoms with Gasteiger partial charge in [-0.2, -0.15) is 0 Å². The Bertz CT molecular complexity index is 251. The summed E-state index contributed by atoms with van der Waals surface area (Å²) in [6, 6.07) is 1.73. The monoisotopic (exact) mass is 236 g/mol. The summed E-state index contributed by atoms with van der Waals surface area (Å²) in [6.07, 6.45) is 11.7. The number of rotatable bonds is 4. The molecular formula is C15H28N2. The van der Waals surface area contributed by atoms with Gasteiger partial charge in [-0.15, -0.1) is 0 Å². The van der Waals surface area contributed by atoms with Crippen molar-refractivity contribution in [3.05, 3.63) is 0 Å². The Morgan fingerprint density at radius 3 is 2.76 bits per heavy atom. The van der Waals surface area contributed by atoms with Crippen LogP contribution in [0.15, 0.2) is 0 Å². The average Bonchev–Trinajstić information content (AvgIpc) is 2.94. The first-order chi connectivity index (χ1) is 8.33. The van der Waals surface area contributed by atoms with Crippen LogP contribution in [-0.4, -0.2) is 37.1 Å². The lowest BCUT2D eigenvalue weighted by atomic mass is 9.95. The second kappa shape index (κ2) is 5.27. The van der Waals surface area contributed by atoms with Crippen molar-refractivity contribution < 1.29 is 0 Å². The molecule has 3 rings (SSSR count). The van der Waals surface area contributed by atoms with Gasteiger partial charge in [0.1, 0.15) is 0 Å². The molecule has 3 aliphatic rings. The third-order valence-electron chi connectivity index (χ3n) is 5.54. The van der Waals surface area contributed by atoms with E-state index in [9.17, 15) is 0 Å². The van der Waals surface area contributed by atoms with E-state index in [0.29, 0.717) is 0 Å². The van der Waals surface area contributed by atoms with Crippen LogP contribution in [0, 0.1) is 11.8 Å². The quantitative estimate of drug-likeness (QED) is 0.807. The fraction of sp³-hybridized carbons (Fsp3) is 1.00. The molecule has 1 N–H and O–H groups in total. The molecule has 0 aromatic carbocycles. The lowest BCUT2D eigenvalue weighted by Gasteiger charge is -2.33. The molecule has 0 aromatic rings. The molecule has 3 fully saturated rings. The maximum atomic E-state index is 3.85. The van der Waals surface area contributed by atoms with Crippen molar-refractivity contribution in [2.24, 2.45) is 11.8 Å². The Morgan fingerprint density at radius 2 is 2.06 bits per heavy atom. The summed E-state index contributed by atoms with van der Waals surface area (Å²) < 4.78 is 0. The van der Waals surface area contributed by atoms with Gasteiger partial charge in [0.25, 0.3) is 0 Å². The van der Waals surface area contributed by atoms with Gasteiger partial charge in [0, 0.05) is 12.1 Å². The Morgan fingerprint density at radius 1 is 1.12 bits per heavy atom. The minimum Gasteiger partial charge on any atom is -0.314 e. The van der Waals surface area contributed by atoms with Gasteiger partial charge < -0.3 is 10.2 Å². The zero-order valence-electron chi connectivity index (χ0n) is 11.3. The van der Waals surface area contributed by atoms with E-state index in [1.165, 1.54) is 64.5 Å². The third-order valence-corrected chi connectivity index (χ3v) is 5.54. The lowest BCUT2D eigenvalue weighted by Crippen LogP contribution is -2.41. The number of hydrogen-bond acceptors (Lipinski definition) is 2. The van der Waals surface area contributed by atoms with Crippen LogP contribution in [0.3, 0.4) is 0 Å². The molecule has 0 amide bonds. The summed E-state index contributed by atoms with van der Waals surface area (Å²) >= 11 is 0. The number of likely N-dealkylation sites (tertiary alicyclic amines) is 1. The molecule has 2 aliphatic carbocycles. The molecule has 4 atom stereocenters. The molecule has 1 saturated heterocycles. The summed E-state index contributed by atoms with van der Waals surface area (Å²) in [5.41, 5.74) is 0. The van der Waals surface area contributed by atoms with E-state index >= 15 is 0 Å². The van der Waals surface area contributed by atoms with Gasteiger partial charge >= 0.3 is 0 Å². The van der Waals surface area contributed by atoms with Gasteiger partial charge in [-0.3, -0.25) is 0 Å². The number of piperidine rings is 1. The van der Waals surface area contributed by atoms with Crippen molar-refractivity contribution in [2.75, 3.05) is 20.1 Å². The van der Waals surface area contributed by atoms with Crippen LogP contribution in [0.2, 0.25) is 0 Å². The summed E-state index contributed by atoms with van der Waals surface area (Å²) in [4.78, 5) is 2.58. The molecular weight excluding hydrogens is 208 g/mol. The highest BCUT2D eigenvalue weighted by Crippen LogP contribution is 2.44. The van der Waals surface area contributed by atoms with E-state index in [2.05, 4.69) is 17.3 Å². The first kappa shape index (κ1) is 12.0. The fourth-order valence-corrected chi connectivity index (χ4v) is 4.44. The summed E-state index contributed by atoms with van der Waals surface area (Å²) in [5, 5.41) is 3.85. The van der Waals surface area contributed by atoms with Crippen LogP contribution < -0.4 is 5.32 Å². The van der Waals surface area contributed by atoms with Crippen LogP contribution in [0.5, 0.6) is 0 Å². The number of fused-ring (bicyclic) bond motifs is 2. The standard InChI is InChI=1S/C15H28N2/c1-17-9-3-2-4-14(17)7-8-16-15-11-12-5-6-13(15)10-12/h12-16H,2-11H2,1H3. The summed E-state index contributed by atoms with van der Waals surface area (Å²) in [7, 11) is 2.31. The largest absolute Gasteiger partial charge is 0.314 e. The smallest absolute Gasteiger partial charge is 0.0104 e. The van der Waals surface area contributed by atoms with Gasteiger partial charge in [-0.1, -0.05) is 12.8 Å². The normalized spacial score (nSPS) is 42.2. The molecule has 2 heteroatoms. The maximum absolute atomic E-state index is 3.85. The first-order valence-corrected chi connectivity index (χ1v) is 7.76. The SMILES string of the molecule is CN1CCCCC1CCNC1CC2CCC1C2. The highest BCUT2D eigenvalue weighted by atomic mass is 15.1. The molecule has 1 aliphatic heterocycles. The van der Waals surface area contributed by atoms with E-state index in [1.54, 1.807) is 0 Å². The molecule has 0 spiro atoms. The molecule has 0 aromatic heterocycles. The zero-order valence-corrected chi connectivity index (χ0v) is 11.3. The van der Waals surface area contributed by atoms with E-state index in [-0.39, 0.29) is 0 Å². The Kier molecular flexibility index (Phi) is 3.72. The molecule has 2 bridgehead atoms. The van der Waals surface area contributed by atoms with Gasteiger partial charge in [0.2, 0.25) is 0 Å². The number of nitrogens with one attached hydrogen (secondary N) is 1. The van der Waals surface area contributed by atoms with Crippen molar-refractivity contribution in [1.29, 1.82) is 0 Å². The molecule has 1 heterocycles. The second-order valence-electron chi connectivity index (χ2n) is 6.65. The van der Waals surface area contributed by atoms with Crippen molar-refractivity contribution in [3.63, 3.8) is 0 Å². The first-order valence-electron chi connectivity index (χ1n) is 7.76. The highest BCUT2D eigenvalue weighted by molar-refractivity contribution is 4.94. The molecule has 98 valence electrons. The van der Waals surface area contributed by atoms with Crippen LogP contribution in [-0.2, 0) is 0 Å². The number of nitrogens with zero attached hydrogens (tertiary/aromatic N) is 1. The zero-order chi connectivity index (χ0) is 11.7. The van der Waals surface area contributed by atoms with Crippen molar-refractivity contribution >= 4 is 0 Å². The van der Waals surface area contributed by atoms with E-state index in [1.807, 2.05) is 0 Å². The molecule has 2 nitrogen and oxygen atoms in total. The van der Waals surface area contributed by atoms with Crippen LogP contribution in [0.25, 0.3) is 0 Å². The number of hydrogen-bond donors (Lipinski definition) is 1. The fourth-order valence-electron chi connectivity index (χ4n) is 4.44. The highest BCUT2D eigenvalue weighted by Gasteiger charge is 2.38. The van der Waals surface area contributed by atoms with Crippen molar-refractivity contribution in [3.8, 4) is 0 Å². The molecule has 4 unspecified atom stereocenters. The second-order valence-corrected chi connectivity index (χ2v) is 6.65. The van der Waals surface area contributed by atoms with Crippen molar-refractivity contribution in [1.82, 2.24) is 10.2 Å².